The number of thiazole rings is 1. The van der Waals surface area contributed by atoms with Crippen molar-refractivity contribution in [3.8, 4) is 0 Å². The van der Waals surface area contributed by atoms with Crippen molar-refractivity contribution in [2.45, 2.75) is 31.2 Å². The van der Waals surface area contributed by atoms with Crippen molar-refractivity contribution in [3.05, 3.63) is 45.9 Å². The molecule has 1 aromatic carbocycles. The number of hydrogen-bond donors (Lipinski definition) is 0. The van der Waals surface area contributed by atoms with Crippen molar-refractivity contribution in [3.63, 3.8) is 0 Å². The van der Waals surface area contributed by atoms with E-state index in [1.54, 1.807) is 11.3 Å². The summed E-state index contributed by atoms with van der Waals surface area (Å²) in [5.41, 5.74) is 0.999. The second-order valence-electron chi connectivity index (χ2n) is 6.24. The molecule has 0 radical (unpaired) electrons. The topological polar surface area (TPSA) is 53.5 Å². The second-order valence-corrected chi connectivity index (χ2v) is 9.09. The molecule has 1 saturated heterocycles. The molecule has 2 heterocycles. The minimum Gasteiger partial charge on any atom is -0.295 e. The maximum absolute atomic E-state index is 13.9. The van der Waals surface area contributed by atoms with Gasteiger partial charge >= 0.3 is 0 Å². The molecule has 0 amide bonds. The first-order chi connectivity index (χ1) is 12.4. The summed E-state index contributed by atoms with van der Waals surface area (Å²) in [5, 5.41) is 3.16. The highest BCUT2D eigenvalue weighted by atomic mass is 32.2. The lowest BCUT2D eigenvalue weighted by molar-refractivity contribution is 0.180. The highest BCUT2D eigenvalue weighted by Gasteiger charge is 2.30. The summed E-state index contributed by atoms with van der Waals surface area (Å²) in [6.45, 7) is 4.42. The van der Waals surface area contributed by atoms with Gasteiger partial charge in [0.1, 0.15) is 16.5 Å². The average molecular weight is 402 g/mol. The fourth-order valence-electron chi connectivity index (χ4n) is 2.93. The zero-order chi connectivity index (χ0) is 18.7. The van der Waals surface area contributed by atoms with Gasteiger partial charge in [-0.1, -0.05) is 6.92 Å². The first-order valence-corrected chi connectivity index (χ1v) is 10.8. The number of aryl methyl sites for hydroxylation is 1. The van der Waals surface area contributed by atoms with Crippen molar-refractivity contribution >= 4 is 21.4 Å². The maximum atomic E-state index is 13.9. The Kier molecular flexibility index (Phi) is 6.01. The number of nitrogens with zero attached hydrogens (tertiary/aromatic N) is 3. The average Bonchev–Trinajstić information content (AvgIpc) is 3.02. The van der Waals surface area contributed by atoms with E-state index in [1.165, 1.54) is 4.31 Å². The van der Waals surface area contributed by atoms with E-state index in [2.05, 4.69) is 16.8 Å². The van der Waals surface area contributed by atoms with Gasteiger partial charge in [-0.05, 0) is 25.0 Å². The Labute approximate surface area is 156 Å². The van der Waals surface area contributed by atoms with E-state index < -0.39 is 26.6 Å². The van der Waals surface area contributed by atoms with Gasteiger partial charge in [0.2, 0.25) is 10.0 Å². The van der Waals surface area contributed by atoms with Crippen LogP contribution in [0.15, 0.2) is 28.5 Å². The fourth-order valence-corrected chi connectivity index (χ4v) is 5.29. The van der Waals surface area contributed by atoms with E-state index in [0.29, 0.717) is 25.7 Å². The Bertz CT molecular complexity index is 863. The van der Waals surface area contributed by atoms with Gasteiger partial charge in [-0.25, -0.2) is 22.2 Å². The van der Waals surface area contributed by atoms with Crippen molar-refractivity contribution in [2.24, 2.45) is 0 Å². The molecule has 1 aromatic heterocycles. The van der Waals surface area contributed by atoms with E-state index in [-0.39, 0.29) is 13.1 Å². The maximum Gasteiger partial charge on any atom is 0.246 e. The summed E-state index contributed by atoms with van der Waals surface area (Å²) in [6, 6.07) is 2.54. The predicted octanol–water partition coefficient (Wildman–Crippen LogP) is 2.88. The Hall–Kier alpha value is -1.42. The Morgan fingerprint density at radius 1 is 1.19 bits per heavy atom. The second kappa shape index (κ2) is 8.08. The number of halogens is 2. The highest BCUT2D eigenvalue weighted by molar-refractivity contribution is 7.89. The van der Waals surface area contributed by atoms with Crippen molar-refractivity contribution in [1.82, 2.24) is 14.2 Å². The van der Waals surface area contributed by atoms with Gasteiger partial charge in [-0.3, -0.25) is 4.90 Å². The van der Waals surface area contributed by atoms with Crippen LogP contribution in [0.5, 0.6) is 0 Å². The summed E-state index contributed by atoms with van der Waals surface area (Å²) in [4.78, 5) is 6.25. The van der Waals surface area contributed by atoms with Crippen LogP contribution in [-0.2, 0) is 23.0 Å². The van der Waals surface area contributed by atoms with Crippen molar-refractivity contribution < 1.29 is 17.2 Å². The van der Waals surface area contributed by atoms with Crippen LogP contribution in [-0.4, -0.2) is 48.8 Å². The molecule has 1 aliphatic heterocycles. The van der Waals surface area contributed by atoms with Gasteiger partial charge in [0.15, 0.2) is 0 Å². The fraction of sp³-hybridized carbons (Fsp3) is 0.471. The third-order valence-corrected chi connectivity index (χ3v) is 7.18. The number of piperazine rings is 1. The monoisotopic (exact) mass is 401 g/mol. The standard InChI is InChI=1S/C17H21F2N3O2S2/c1-2-3-17-20-14(12-25-17)11-21-6-8-22(9-7-21)26(23,24)16-5-4-13(18)10-15(16)19/h4-5,10,12H,2-3,6-9,11H2,1H3. The molecule has 0 atom stereocenters. The van der Waals surface area contributed by atoms with E-state index in [1.807, 2.05) is 5.38 Å². The quantitative estimate of drug-likeness (QED) is 0.747. The predicted molar refractivity (Wildman–Crippen MR) is 96.5 cm³/mol. The molecule has 26 heavy (non-hydrogen) atoms. The van der Waals surface area contributed by atoms with Crippen molar-refractivity contribution in [1.29, 1.82) is 0 Å². The molecule has 3 rings (SSSR count). The van der Waals surface area contributed by atoms with Crippen LogP contribution in [0.2, 0.25) is 0 Å². The molecule has 0 saturated carbocycles. The Morgan fingerprint density at radius 3 is 2.58 bits per heavy atom. The van der Waals surface area contributed by atoms with Crippen molar-refractivity contribution in [2.75, 3.05) is 26.2 Å². The zero-order valence-electron chi connectivity index (χ0n) is 14.5. The third kappa shape index (κ3) is 4.28. The Morgan fingerprint density at radius 2 is 1.92 bits per heavy atom. The molecule has 5 nitrogen and oxygen atoms in total. The lowest BCUT2D eigenvalue weighted by Crippen LogP contribution is -2.48. The van der Waals surface area contributed by atoms with Gasteiger partial charge < -0.3 is 0 Å². The number of benzene rings is 1. The third-order valence-electron chi connectivity index (χ3n) is 4.29. The molecule has 0 aliphatic carbocycles. The normalized spacial score (nSPS) is 16.9. The van der Waals surface area contributed by atoms with Crippen LogP contribution in [0.4, 0.5) is 8.78 Å². The van der Waals surface area contributed by atoms with Crippen LogP contribution in [0.25, 0.3) is 0 Å². The summed E-state index contributed by atoms with van der Waals surface area (Å²) in [7, 11) is -3.96. The van der Waals surface area contributed by atoms with Gasteiger partial charge in [0, 0.05) is 44.2 Å². The summed E-state index contributed by atoms with van der Waals surface area (Å²) in [5.74, 6) is -1.85. The minimum absolute atomic E-state index is 0.269. The number of sulfonamides is 1. The summed E-state index contributed by atoms with van der Waals surface area (Å²) < 4.78 is 53.3. The molecule has 1 fully saturated rings. The van der Waals surface area contributed by atoms with E-state index in [0.717, 1.165) is 35.7 Å². The van der Waals surface area contributed by atoms with E-state index in [4.69, 9.17) is 0 Å². The van der Waals surface area contributed by atoms with Crippen LogP contribution < -0.4 is 0 Å². The molecule has 9 heteroatoms. The van der Waals surface area contributed by atoms with Crippen LogP contribution >= 0.6 is 11.3 Å². The summed E-state index contributed by atoms with van der Waals surface area (Å²) >= 11 is 1.65. The smallest absolute Gasteiger partial charge is 0.246 e. The lowest BCUT2D eigenvalue weighted by atomic mass is 10.3. The van der Waals surface area contributed by atoms with Crippen LogP contribution in [0.1, 0.15) is 24.0 Å². The summed E-state index contributed by atoms with van der Waals surface area (Å²) in [6.07, 6.45) is 2.03. The molecular formula is C17H21F2N3O2S2. The zero-order valence-corrected chi connectivity index (χ0v) is 16.1. The minimum atomic E-state index is -3.96. The lowest BCUT2D eigenvalue weighted by Gasteiger charge is -2.33. The van der Waals surface area contributed by atoms with Crippen LogP contribution in [0, 0.1) is 11.6 Å². The van der Waals surface area contributed by atoms with E-state index >= 15 is 0 Å². The first kappa shape index (κ1) is 19.3. The first-order valence-electron chi connectivity index (χ1n) is 8.51. The van der Waals surface area contributed by atoms with Crippen LogP contribution in [0.3, 0.4) is 0 Å². The van der Waals surface area contributed by atoms with Gasteiger partial charge in [-0.15, -0.1) is 11.3 Å². The largest absolute Gasteiger partial charge is 0.295 e. The SMILES string of the molecule is CCCc1nc(CN2CCN(S(=O)(=O)c3ccc(F)cc3F)CC2)cs1. The molecule has 2 aromatic rings. The number of aromatic nitrogens is 1. The molecule has 0 spiro atoms. The highest BCUT2D eigenvalue weighted by Crippen LogP contribution is 2.22. The molecule has 142 valence electrons. The molecule has 0 bridgehead atoms. The molecule has 0 N–H and O–H groups in total. The van der Waals surface area contributed by atoms with E-state index in [9.17, 15) is 17.2 Å². The number of rotatable bonds is 6. The van der Waals surface area contributed by atoms with Gasteiger partial charge in [0.05, 0.1) is 10.7 Å². The Balaban J connectivity index is 1.62. The molecular weight excluding hydrogens is 380 g/mol. The van der Waals surface area contributed by atoms with Gasteiger partial charge in [-0.2, -0.15) is 4.31 Å². The molecule has 0 unspecified atom stereocenters. The molecule has 1 aliphatic rings. The van der Waals surface area contributed by atoms with Gasteiger partial charge in [0.25, 0.3) is 0 Å². The number of hydrogen-bond acceptors (Lipinski definition) is 5.